The fourth-order valence-corrected chi connectivity index (χ4v) is 2.69. The first kappa shape index (κ1) is 15.5. The number of amides is 1. The highest BCUT2D eigenvalue weighted by Crippen LogP contribution is 2.34. The van der Waals surface area contributed by atoms with Gasteiger partial charge in [-0.3, -0.25) is 14.3 Å². The van der Waals surface area contributed by atoms with Crippen LogP contribution in [0.4, 0.5) is 0 Å². The van der Waals surface area contributed by atoms with Crippen LogP contribution < -0.4 is 0 Å². The molecule has 0 radical (unpaired) electrons. The highest BCUT2D eigenvalue weighted by Gasteiger charge is 2.39. The highest BCUT2D eigenvalue weighted by atomic mass is 16.4. The van der Waals surface area contributed by atoms with Crippen molar-refractivity contribution >= 4 is 11.9 Å². The van der Waals surface area contributed by atoms with Gasteiger partial charge in [0.15, 0.2) is 0 Å². The molecule has 1 aliphatic rings. The number of carboxylic acid groups (broad SMARTS) is 1. The Hall–Kier alpha value is -1.92. The fourth-order valence-electron chi connectivity index (χ4n) is 2.69. The number of carbonyl (C=O) groups is 2. The molecule has 1 aromatic heterocycles. The van der Waals surface area contributed by atoms with Crippen LogP contribution in [-0.4, -0.2) is 50.0 Å². The van der Waals surface area contributed by atoms with Gasteiger partial charge in [0, 0.05) is 25.7 Å². The zero-order chi connectivity index (χ0) is 15.5. The van der Waals surface area contributed by atoms with E-state index < -0.39 is 11.4 Å². The van der Waals surface area contributed by atoms with Crippen LogP contribution in [0.15, 0.2) is 12.4 Å². The minimum absolute atomic E-state index is 0.000861. The van der Waals surface area contributed by atoms with Gasteiger partial charge in [-0.2, -0.15) is 0 Å². The molecule has 1 saturated heterocycles. The minimum Gasteiger partial charge on any atom is -0.481 e. The first-order valence-corrected chi connectivity index (χ1v) is 7.26. The lowest BCUT2D eigenvalue weighted by atomic mass is 9.74. The van der Waals surface area contributed by atoms with E-state index in [2.05, 4.69) is 10.3 Å². The number of hydrogen-bond donors (Lipinski definition) is 1. The van der Waals surface area contributed by atoms with Crippen molar-refractivity contribution in [1.82, 2.24) is 19.9 Å². The second kappa shape index (κ2) is 6.24. The monoisotopic (exact) mass is 294 g/mol. The Kier molecular flexibility index (Phi) is 4.59. The average molecular weight is 294 g/mol. The molecule has 0 bridgehead atoms. The van der Waals surface area contributed by atoms with E-state index in [1.807, 2.05) is 0 Å². The molecule has 0 aromatic carbocycles. The second-order valence-corrected chi connectivity index (χ2v) is 6.12. The van der Waals surface area contributed by atoms with Crippen molar-refractivity contribution in [2.75, 3.05) is 13.1 Å². The van der Waals surface area contributed by atoms with Gasteiger partial charge in [0.2, 0.25) is 5.91 Å². The third-order valence-corrected chi connectivity index (χ3v) is 4.37. The van der Waals surface area contributed by atoms with Crippen molar-refractivity contribution in [3.8, 4) is 0 Å². The van der Waals surface area contributed by atoms with Gasteiger partial charge in [-0.15, -0.1) is 5.10 Å². The van der Waals surface area contributed by atoms with E-state index in [1.165, 1.54) is 0 Å². The normalized spacial score (nSPS) is 19.5. The predicted octanol–water partition coefficient (Wildman–Crippen LogP) is 1.02. The lowest BCUT2D eigenvalue weighted by molar-refractivity contribution is -0.153. The van der Waals surface area contributed by atoms with Crippen molar-refractivity contribution in [3.63, 3.8) is 0 Å². The summed E-state index contributed by atoms with van der Waals surface area (Å²) in [5.74, 6) is -0.750. The van der Waals surface area contributed by atoms with Crippen molar-refractivity contribution in [2.45, 2.75) is 39.7 Å². The van der Waals surface area contributed by atoms with E-state index >= 15 is 0 Å². The molecule has 2 heterocycles. The molecule has 1 aromatic rings. The summed E-state index contributed by atoms with van der Waals surface area (Å²) in [5.41, 5.74) is -0.801. The van der Waals surface area contributed by atoms with E-state index in [0.717, 1.165) is 12.8 Å². The summed E-state index contributed by atoms with van der Waals surface area (Å²) in [6.07, 6.45) is 5.38. The summed E-state index contributed by atoms with van der Waals surface area (Å²) in [7, 11) is 0. The number of rotatable bonds is 5. The number of piperidine rings is 1. The first-order valence-electron chi connectivity index (χ1n) is 7.26. The molecule has 7 heteroatoms. The maximum absolute atomic E-state index is 12.3. The van der Waals surface area contributed by atoms with Crippen LogP contribution >= 0.6 is 0 Å². The molecule has 1 aliphatic heterocycles. The molecule has 7 nitrogen and oxygen atoms in total. The second-order valence-electron chi connectivity index (χ2n) is 6.12. The lowest BCUT2D eigenvalue weighted by Crippen LogP contribution is -2.47. The van der Waals surface area contributed by atoms with E-state index in [4.69, 9.17) is 0 Å². The Bertz CT molecular complexity index is 498. The Balaban J connectivity index is 1.91. The van der Waals surface area contributed by atoms with E-state index in [-0.39, 0.29) is 11.8 Å². The zero-order valence-electron chi connectivity index (χ0n) is 12.5. The van der Waals surface area contributed by atoms with Crippen LogP contribution in [0.3, 0.4) is 0 Å². The summed E-state index contributed by atoms with van der Waals surface area (Å²) >= 11 is 0. The molecule has 2 rings (SSSR count). The number of carbonyl (C=O) groups excluding carboxylic acids is 1. The number of likely N-dealkylation sites (tertiary alicyclic amines) is 1. The number of aromatic nitrogens is 3. The molecule has 1 fully saturated rings. The van der Waals surface area contributed by atoms with Crippen molar-refractivity contribution in [3.05, 3.63) is 12.4 Å². The smallest absolute Gasteiger partial charge is 0.309 e. The fraction of sp³-hybridized carbons (Fsp3) is 0.714. The van der Waals surface area contributed by atoms with Crippen molar-refractivity contribution in [1.29, 1.82) is 0 Å². The van der Waals surface area contributed by atoms with Crippen LogP contribution in [0, 0.1) is 11.3 Å². The lowest BCUT2D eigenvalue weighted by Gasteiger charge is -2.39. The van der Waals surface area contributed by atoms with Gasteiger partial charge in [-0.05, 0) is 32.6 Å². The quantitative estimate of drug-likeness (QED) is 0.875. The molecule has 116 valence electrons. The SMILES string of the molecule is CC(C)(C(=O)O)C1CCCN(C(=O)CCn2ccnn2)C1. The van der Waals surface area contributed by atoms with Gasteiger partial charge < -0.3 is 10.0 Å². The molecule has 1 N–H and O–H groups in total. The molecule has 1 amide bonds. The molecular formula is C14H22N4O3. The summed E-state index contributed by atoms with van der Waals surface area (Å²) < 4.78 is 1.63. The Labute approximate surface area is 123 Å². The van der Waals surface area contributed by atoms with Crippen LogP contribution in [0.1, 0.15) is 33.1 Å². The number of nitrogens with zero attached hydrogens (tertiary/aromatic N) is 4. The van der Waals surface area contributed by atoms with E-state index in [1.54, 1.807) is 35.8 Å². The van der Waals surface area contributed by atoms with Gasteiger partial charge >= 0.3 is 5.97 Å². The molecule has 21 heavy (non-hydrogen) atoms. The Morgan fingerprint density at radius 1 is 1.43 bits per heavy atom. The zero-order valence-corrected chi connectivity index (χ0v) is 12.5. The van der Waals surface area contributed by atoms with Crippen molar-refractivity contribution < 1.29 is 14.7 Å². The molecule has 0 aliphatic carbocycles. The largest absolute Gasteiger partial charge is 0.481 e. The topological polar surface area (TPSA) is 88.3 Å². The van der Waals surface area contributed by atoms with Crippen LogP contribution in [-0.2, 0) is 16.1 Å². The molecule has 0 spiro atoms. The maximum Gasteiger partial charge on any atom is 0.309 e. The Morgan fingerprint density at radius 3 is 2.81 bits per heavy atom. The van der Waals surface area contributed by atoms with E-state index in [9.17, 15) is 14.7 Å². The van der Waals surface area contributed by atoms with Crippen LogP contribution in [0.2, 0.25) is 0 Å². The van der Waals surface area contributed by atoms with Gasteiger partial charge in [0.25, 0.3) is 0 Å². The van der Waals surface area contributed by atoms with E-state index in [0.29, 0.717) is 26.1 Å². The number of aryl methyl sites for hydroxylation is 1. The third kappa shape index (κ3) is 3.59. The molecular weight excluding hydrogens is 272 g/mol. The summed E-state index contributed by atoms with van der Waals surface area (Å²) in [6, 6.07) is 0. The third-order valence-electron chi connectivity index (χ3n) is 4.37. The van der Waals surface area contributed by atoms with Crippen molar-refractivity contribution in [2.24, 2.45) is 11.3 Å². The first-order chi connectivity index (χ1) is 9.91. The van der Waals surface area contributed by atoms with Gasteiger partial charge in [0.1, 0.15) is 0 Å². The molecule has 1 unspecified atom stereocenters. The molecule has 0 saturated carbocycles. The number of hydrogen-bond acceptors (Lipinski definition) is 4. The molecule has 1 atom stereocenters. The average Bonchev–Trinajstić information content (AvgIpc) is 2.98. The predicted molar refractivity (Wildman–Crippen MR) is 75.4 cm³/mol. The van der Waals surface area contributed by atoms with Crippen LogP contribution in [0.5, 0.6) is 0 Å². The van der Waals surface area contributed by atoms with Gasteiger partial charge in [0.05, 0.1) is 18.2 Å². The minimum atomic E-state index is -0.801. The number of carboxylic acids is 1. The number of aliphatic carboxylic acids is 1. The highest BCUT2D eigenvalue weighted by molar-refractivity contribution is 5.77. The standard InChI is InChI=1S/C14H22N4O3/c1-14(2,13(20)21)11-4-3-7-17(10-11)12(19)5-8-18-9-6-15-16-18/h6,9,11H,3-5,7-8,10H2,1-2H3,(H,20,21). The van der Waals surface area contributed by atoms with Gasteiger partial charge in [-0.1, -0.05) is 5.21 Å². The maximum atomic E-state index is 12.3. The summed E-state index contributed by atoms with van der Waals surface area (Å²) in [5, 5.41) is 16.9. The summed E-state index contributed by atoms with van der Waals surface area (Å²) in [4.78, 5) is 25.4. The van der Waals surface area contributed by atoms with Crippen LogP contribution in [0.25, 0.3) is 0 Å². The summed E-state index contributed by atoms with van der Waals surface area (Å²) in [6.45, 7) is 5.22. The van der Waals surface area contributed by atoms with Gasteiger partial charge in [-0.25, -0.2) is 0 Å². The Morgan fingerprint density at radius 2 is 2.19 bits per heavy atom.